The number of hydrogen-bond acceptors (Lipinski definition) is 4. The Morgan fingerprint density at radius 2 is 2.18 bits per heavy atom. The molecule has 0 saturated heterocycles. The molecular formula is C20H21BrClN3O2S. The van der Waals surface area contributed by atoms with E-state index in [1.54, 1.807) is 24.2 Å². The van der Waals surface area contributed by atoms with Gasteiger partial charge in [-0.05, 0) is 65.0 Å². The van der Waals surface area contributed by atoms with Crippen LogP contribution in [0.25, 0.3) is 0 Å². The summed E-state index contributed by atoms with van der Waals surface area (Å²) in [6, 6.07) is 7.42. The lowest BCUT2D eigenvalue weighted by Crippen LogP contribution is -2.27. The number of hydrogen-bond donors (Lipinski definition) is 0. The Kier molecular flexibility index (Phi) is 6.80. The Morgan fingerprint density at radius 3 is 2.89 bits per heavy atom. The van der Waals surface area contributed by atoms with Crippen molar-refractivity contribution in [2.75, 3.05) is 7.05 Å². The van der Waals surface area contributed by atoms with E-state index in [1.807, 2.05) is 42.1 Å². The molecule has 148 valence electrons. The number of ether oxygens (including phenoxy) is 1. The number of benzene rings is 1. The van der Waals surface area contributed by atoms with Gasteiger partial charge in [-0.2, -0.15) is 5.10 Å². The van der Waals surface area contributed by atoms with Crippen LogP contribution in [0.4, 0.5) is 0 Å². The average Bonchev–Trinajstić information content (AvgIpc) is 3.27. The van der Waals surface area contributed by atoms with E-state index in [4.69, 9.17) is 16.3 Å². The van der Waals surface area contributed by atoms with Crippen molar-refractivity contribution in [3.05, 3.63) is 67.0 Å². The predicted octanol–water partition coefficient (Wildman–Crippen LogP) is 5.54. The van der Waals surface area contributed by atoms with Crippen LogP contribution in [0.2, 0.25) is 5.02 Å². The van der Waals surface area contributed by atoms with Gasteiger partial charge in [0.2, 0.25) is 0 Å². The second-order valence-electron chi connectivity index (χ2n) is 6.43. The lowest BCUT2D eigenvalue weighted by atomic mass is 10.2. The molecule has 5 nitrogen and oxygen atoms in total. The highest BCUT2D eigenvalue weighted by atomic mass is 79.9. The van der Waals surface area contributed by atoms with Crippen molar-refractivity contribution < 1.29 is 9.53 Å². The minimum Gasteiger partial charge on any atom is -0.489 e. The van der Waals surface area contributed by atoms with Crippen molar-refractivity contribution in [3.63, 3.8) is 0 Å². The summed E-state index contributed by atoms with van der Waals surface area (Å²) in [5, 5.41) is 6.94. The highest BCUT2D eigenvalue weighted by Crippen LogP contribution is 2.25. The Balaban J connectivity index is 1.64. The minimum absolute atomic E-state index is 0.0188. The van der Waals surface area contributed by atoms with Gasteiger partial charge < -0.3 is 9.64 Å². The first kappa shape index (κ1) is 20.9. The van der Waals surface area contributed by atoms with Gasteiger partial charge in [-0.15, -0.1) is 11.3 Å². The van der Waals surface area contributed by atoms with E-state index >= 15 is 0 Å². The van der Waals surface area contributed by atoms with Crippen LogP contribution < -0.4 is 4.74 Å². The van der Waals surface area contributed by atoms with Crippen molar-refractivity contribution in [2.45, 2.75) is 33.5 Å². The molecule has 1 aromatic carbocycles. The van der Waals surface area contributed by atoms with E-state index in [2.05, 4.69) is 21.0 Å². The predicted molar refractivity (Wildman–Crippen MR) is 116 cm³/mol. The number of thiophene rings is 1. The van der Waals surface area contributed by atoms with Crippen molar-refractivity contribution >= 4 is 44.8 Å². The van der Waals surface area contributed by atoms with E-state index in [0.29, 0.717) is 23.1 Å². The Bertz CT molecular complexity index is 986. The number of carbonyl (C=O) groups excluding carboxylic acids is 1. The number of amides is 1. The third kappa shape index (κ3) is 4.77. The number of carbonyl (C=O) groups is 1. The lowest BCUT2D eigenvalue weighted by molar-refractivity contribution is 0.0786. The van der Waals surface area contributed by atoms with E-state index in [9.17, 15) is 4.79 Å². The third-order valence-corrected chi connectivity index (χ3v) is 6.19. The van der Waals surface area contributed by atoms with Gasteiger partial charge in [-0.3, -0.25) is 9.48 Å². The first-order valence-corrected chi connectivity index (χ1v) is 10.9. The van der Waals surface area contributed by atoms with E-state index in [0.717, 1.165) is 33.6 Å². The van der Waals surface area contributed by atoms with Crippen molar-refractivity contribution in [3.8, 4) is 5.75 Å². The fraction of sp³-hybridized carbons (Fsp3) is 0.300. The number of rotatable bonds is 7. The maximum absolute atomic E-state index is 12.8. The summed E-state index contributed by atoms with van der Waals surface area (Å²) in [7, 11) is 1.80. The van der Waals surface area contributed by atoms with E-state index in [1.165, 1.54) is 11.3 Å². The van der Waals surface area contributed by atoms with Crippen LogP contribution in [0.1, 0.15) is 33.4 Å². The Labute approximate surface area is 182 Å². The smallest absolute Gasteiger partial charge is 0.264 e. The average molecular weight is 483 g/mol. The van der Waals surface area contributed by atoms with Gasteiger partial charge in [0.25, 0.3) is 5.91 Å². The maximum atomic E-state index is 12.8. The fourth-order valence-corrected chi connectivity index (χ4v) is 4.34. The summed E-state index contributed by atoms with van der Waals surface area (Å²) >= 11 is 10.9. The zero-order valence-corrected chi connectivity index (χ0v) is 19.1. The van der Waals surface area contributed by atoms with Gasteiger partial charge in [-0.1, -0.05) is 11.6 Å². The topological polar surface area (TPSA) is 47.4 Å². The van der Waals surface area contributed by atoms with Crippen LogP contribution in [0.15, 0.2) is 40.3 Å². The largest absolute Gasteiger partial charge is 0.489 e. The number of halogens is 2. The molecule has 0 bridgehead atoms. The summed E-state index contributed by atoms with van der Waals surface area (Å²) < 4.78 is 8.66. The van der Waals surface area contributed by atoms with E-state index in [-0.39, 0.29) is 5.91 Å². The summed E-state index contributed by atoms with van der Waals surface area (Å²) in [5.41, 5.74) is 2.93. The van der Waals surface area contributed by atoms with E-state index < -0.39 is 0 Å². The summed E-state index contributed by atoms with van der Waals surface area (Å²) in [6.07, 6.45) is 1.76. The van der Waals surface area contributed by atoms with Crippen molar-refractivity contribution in [2.24, 2.45) is 0 Å². The molecule has 2 aromatic heterocycles. The maximum Gasteiger partial charge on any atom is 0.264 e. The standard InChI is InChI=1S/C20H21BrClN3O2S/c1-4-25-17(16(21)9-23-25)10-24(3)20(26)19-8-14(12-28-19)11-27-18-6-5-15(22)7-13(18)2/h5-9,12H,4,10-11H2,1-3H3. The lowest BCUT2D eigenvalue weighted by Gasteiger charge is -2.17. The number of aromatic nitrogens is 2. The summed E-state index contributed by atoms with van der Waals surface area (Å²) in [5.74, 6) is 0.771. The van der Waals surface area contributed by atoms with Gasteiger partial charge in [0.05, 0.1) is 27.8 Å². The van der Waals surface area contributed by atoms with Gasteiger partial charge >= 0.3 is 0 Å². The zero-order valence-electron chi connectivity index (χ0n) is 15.9. The molecule has 3 aromatic rings. The molecule has 2 heterocycles. The highest BCUT2D eigenvalue weighted by molar-refractivity contribution is 9.10. The molecule has 0 aliphatic carbocycles. The Morgan fingerprint density at radius 1 is 1.39 bits per heavy atom. The van der Waals surface area contributed by atoms with Crippen LogP contribution in [0.5, 0.6) is 5.75 Å². The molecule has 28 heavy (non-hydrogen) atoms. The molecule has 0 spiro atoms. The quantitative estimate of drug-likeness (QED) is 0.444. The SMILES string of the molecule is CCn1ncc(Br)c1CN(C)C(=O)c1cc(COc2ccc(Cl)cc2C)cs1. The van der Waals surface area contributed by atoms with Crippen molar-refractivity contribution in [1.82, 2.24) is 14.7 Å². The number of nitrogens with zero attached hydrogens (tertiary/aromatic N) is 3. The monoisotopic (exact) mass is 481 g/mol. The molecule has 0 aliphatic rings. The molecule has 0 N–H and O–H groups in total. The van der Waals surface area contributed by atoms with Crippen LogP contribution in [0.3, 0.4) is 0 Å². The molecule has 3 rings (SSSR count). The van der Waals surface area contributed by atoms with Crippen LogP contribution in [0, 0.1) is 6.92 Å². The summed E-state index contributed by atoms with van der Waals surface area (Å²) in [4.78, 5) is 15.2. The molecule has 0 atom stereocenters. The van der Waals surface area contributed by atoms with Crippen LogP contribution in [-0.2, 0) is 19.7 Å². The fourth-order valence-electron chi connectivity index (χ4n) is 2.80. The molecule has 0 aliphatic heterocycles. The zero-order chi connectivity index (χ0) is 20.3. The molecule has 0 fully saturated rings. The van der Waals surface area contributed by atoms with Gasteiger partial charge in [0.15, 0.2) is 0 Å². The minimum atomic E-state index is -0.0188. The van der Waals surface area contributed by atoms with Gasteiger partial charge in [0, 0.05) is 24.2 Å². The molecular weight excluding hydrogens is 462 g/mol. The van der Waals surface area contributed by atoms with Gasteiger partial charge in [0.1, 0.15) is 12.4 Å². The second kappa shape index (κ2) is 9.11. The first-order chi connectivity index (χ1) is 13.4. The normalized spacial score (nSPS) is 10.9. The van der Waals surface area contributed by atoms with Crippen molar-refractivity contribution in [1.29, 1.82) is 0 Å². The van der Waals surface area contributed by atoms with Crippen LogP contribution >= 0.6 is 38.9 Å². The van der Waals surface area contributed by atoms with Crippen LogP contribution in [-0.4, -0.2) is 27.6 Å². The first-order valence-electron chi connectivity index (χ1n) is 8.81. The molecule has 0 saturated carbocycles. The second-order valence-corrected chi connectivity index (χ2v) is 8.64. The molecule has 1 amide bonds. The molecule has 0 unspecified atom stereocenters. The summed E-state index contributed by atoms with van der Waals surface area (Å²) in [6.45, 7) is 5.63. The molecule has 0 radical (unpaired) electrons. The highest BCUT2D eigenvalue weighted by Gasteiger charge is 2.18. The third-order valence-electron chi connectivity index (χ3n) is 4.33. The Hall–Kier alpha value is -1.83. The molecule has 8 heteroatoms. The number of aryl methyl sites for hydroxylation is 2. The van der Waals surface area contributed by atoms with Gasteiger partial charge in [-0.25, -0.2) is 0 Å².